The molecule has 1 aromatic carbocycles. The Morgan fingerprint density at radius 3 is 2.56 bits per heavy atom. The van der Waals surface area contributed by atoms with E-state index in [4.69, 9.17) is 16.3 Å². The number of benzene rings is 1. The van der Waals surface area contributed by atoms with Crippen molar-refractivity contribution in [1.29, 1.82) is 0 Å². The zero-order chi connectivity index (χ0) is 11.8. The van der Waals surface area contributed by atoms with Gasteiger partial charge in [-0.1, -0.05) is 37.1 Å². The van der Waals surface area contributed by atoms with Crippen molar-refractivity contribution in [3.63, 3.8) is 0 Å². The van der Waals surface area contributed by atoms with Crippen molar-refractivity contribution in [1.82, 2.24) is 5.32 Å². The summed E-state index contributed by atoms with van der Waals surface area (Å²) in [5, 5.41) is 3.92. The average molecular weight is 242 g/mol. The molecule has 0 heterocycles. The van der Waals surface area contributed by atoms with E-state index in [1.807, 2.05) is 31.3 Å². The van der Waals surface area contributed by atoms with Crippen molar-refractivity contribution in [3.8, 4) is 0 Å². The maximum atomic E-state index is 5.84. The van der Waals surface area contributed by atoms with E-state index in [0.717, 1.165) is 24.4 Å². The minimum atomic E-state index is 0.297. The molecule has 16 heavy (non-hydrogen) atoms. The first kappa shape index (κ1) is 13.5. The van der Waals surface area contributed by atoms with Gasteiger partial charge in [0.25, 0.3) is 0 Å². The first-order chi connectivity index (χ1) is 7.76. The number of ether oxygens (including phenoxy) is 1. The van der Waals surface area contributed by atoms with Crippen molar-refractivity contribution in [3.05, 3.63) is 34.9 Å². The van der Waals surface area contributed by atoms with Crippen molar-refractivity contribution in [2.75, 3.05) is 13.6 Å². The highest BCUT2D eigenvalue weighted by molar-refractivity contribution is 6.30. The van der Waals surface area contributed by atoms with Gasteiger partial charge in [0.15, 0.2) is 0 Å². The normalized spacial score (nSPS) is 12.7. The number of nitrogens with one attached hydrogen (secondary N) is 1. The lowest BCUT2D eigenvalue weighted by Gasteiger charge is -2.16. The lowest BCUT2D eigenvalue weighted by molar-refractivity contribution is 0.0360. The molecule has 0 bridgehead atoms. The highest BCUT2D eigenvalue weighted by atomic mass is 35.5. The van der Waals surface area contributed by atoms with Gasteiger partial charge in [0.1, 0.15) is 0 Å². The summed E-state index contributed by atoms with van der Waals surface area (Å²) in [6.45, 7) is 3.74. The van der Waals surface area contributed by atoms with Gasteiger partial charge in [-0.05, 0) is 31.2 Å². The molecule has 0 saturated heterocycles. The first-order valence-corrected chi connectivity index (χ1v) is 6.14. The fourth-order valence-electron chi connectivity index (χ4n) is 1.59. The van der Waals surface area contributed by atoms with Crippen LogP contribution in [0.3, 0.4) is 0 Å². The van der Waals surface area contributed by atoms with Crippen LogP contribution in [0.25, 0.3) is 0 Å². The Labute approximate surface area is 103 Å². The fraction of sp³-hybridized carbons (Fsp3) is 0.538. The topological polar surface area (TPSA) is 21.3 Å². The van der Waals surface area contributed by atoms with Gasteiger partial charge >= 0.3 is 0 Å². The van der Waals surface area contributed by atoms with Crippen LogP contribution >= 0.6 is 11.6 Å². The number of rotatable bonds is 7. The molecule has 0 aliphatic heterocycles. The first-order valence-electron chi connectivity index (χ1n) is 5.77. The summed E-state index contributed by atoms with van der Waals surface area (Å²) in [5.41, 5.74) is 1.17. The molecule has 1 unspecified atom stereocenters. The molecule has 0 aliphatic carbocycles. The standard InChI is InChI=1S/C13H20ClNO/c1-3-4-13(9-15-2)16-10-11-5-7-12(14)8-6-11/h5-8,13,15H,3-4,9-10H2,1-2H3. The van der Waals surface area contributed by atoms with Gasteiger partial charge in [-0.3, -0.25) is 0 Å². The molecule has 2 nitrogen and oxygen atoms in total. The van der Waals surface area contributed by atoms with E-state index >= 15 is 0 Å². The van der Waals surface area contributed by atoms with Crippen molar-refractivity contribution in [2.24, 2.45) is 0 Å². The Morgan fingerprint density at radius 1 is 1.31 bits per heavy atom. The second-order valence-electron chi connectivity index (χ2n) is 3.91. The van der Waals surface area contributed by atoms with E-state index in [0.29, 0.717) is 12.7 Å². The maximum absolute atomic E-state index is 5.84. The van der Waals surface area contributed by atoms with Crippen LogP contribution in [0.4, 0.5) is 0 Å². The summed E-state index contributed by atoms with van der Waals surface area (Å²) in [5.74, 6) is 0. The summed E-state index contributed by atoms with van der Waals surface area (Å²) in [6.07, 6.45) is 2.53. The molecule has 1 N–H and O–H groups in total. The number of halogens is 1. The number of hydrogen-bond donors (Lipinski definition) is 1. The van der Waals surface area contributed by atoms with Crippen LogP contribution in [-0.4, -0.2) is 19.7 Å². The van der Waals surface area contributed by atoms with E-state index < -0.39 is 0 Å². The molecular formula is C13H20ClNO. The lowest BCUT2D eigenvalue weighted by Crippen LogP contribution is -2.26. The molecule has 0 aromatic heterocycles. The Hall–Kier alpha value is -0.570. The molecule has 0 spiro atoms. The van der Waals surface area contributed by atoms with Gasteiger partial charge in [0.05, 0.1) is 12.7 Å². The SMILES string of the molecule is CCCC(CNC)OCc1ccc(Cl)cc1. The Balaban J connectivity index is 2.38. The molecule has 0 amide bonds. The van der Waals surface area contributed by atoms with Gasteiger partial charge in [-0.2, -0.15) is 0 Å². The monoisotopic (exact) mass is 241 g/mol. The zero-order valence-electron chi connectivity index (χ0n) is 10.0. The van der Waals surface area contributed by atoms with Crippen molar-refractivity contribution < 1.29 is 4.74 Å². The van der Waals surface area contributed by atoms with E-state index in [-0.39, 0.29) is 0 Å². The summed E-state index contributed by atoms with van der Waals surface area (Å²) >= 11 is 5.82. The van der Waals surface area contributed by atoms with Crippen LogP contribution in [-0.2, 0) is 11.3 Å². The van der Waals surface area contributed by atoms with E-state index in [2.05, 4.69) is 12.2 Å². The lowest BCUT2D eigenvalue weighted by atomic mass is 10.2. The maximum Gasteiger partial charge on any atom is 0.0721 e. The largest absolute Gasteiger partial charge is 0.372 e. The Bertz CT molecular complexity index is 280. The third-order valence-corrected chi connectivity index (χ3v) is 2.69. The third kappa shape index (κ3) is 4.97. The summed E-state index contributed by atoms with van der Waals surface area (Å²) in [7, 11) is 1.95. The molecule has 0 fully saturated rings. The van der Waals surface area contributed by atoms with Crippen LogP contribution < -0.4 is 5.32 Å². The van der Waals surface area contributed by atoms with Gasteiger partial charge in [0, 0.05) is 11.6 Å². The second kappa shape index (κ2) is 7.66. The average Bonchev–Trinajstić information content (AvgIpc) is 2.29. The highest BCUT2D eigenvalue weighted by Crippen LogP contribution is 2.12. The van der Waals surface area contributed by atoms with Crippen LogP contribution in [0, 0.1) is 0 Å². The van der Waals surface area contributed by atoms with Gasteiger partial charge in [-0.25, -0.2) is 0 Å². The Morgan fingerprint density at radius 2 is 2.00 bits per heavy atom. The van der Waals surface area contributed by atoms with Crippen molar-refractivity contribution in [2.45, 2.75) is 32.5 Å². The van der Waals surface area contributed by atoms with E-state index in [9.17, 15) is 0 Å². The number of likely N-dealkylation sites (N-methyl/N-ethyl adjacent to an activating group) is 1. The molecular weight excluding hydrogens is 222 g/mol. The zero-order valence-corrected chi connectivity index (χ0v) is 10.8. The predicted octanol–water partition coefficient (Wildman–Crippen LogP) is 3.24. The molecule has 1 aromatic rings. The molecule has 90 valence electrons. The number of hydrogen-bond acceptors (Lipinski definition) is 2. The van der Waals surface area contributed by atoms with Gasteiger partial charge in [-0.15, -0.1) is 0 Å². The fourth-order valence-corrected chi connectivity index (χ4v) is 1.71. The summed E-state index contributed by atoms with van der Waals surface area (Å²) in [4.78, 5) is 0. The third-order valence-electron chi connectivity index (χ3n) is 2.44. The van der Waals surface area contributed by atoms with Crippen LogP contribution in [0.2, 0.25) is 5.02 Å². The summed E-state index contributed by atoms with van der Waals surface area (Å²) < 4.78 is 5.84. The summed E-state index contributed by atoms with van der Waals surface area (Å²) in [6, 6.07) is 7.80. The van der Waals surface area contributed by atoms with E-state index in [1.54, 1.807) is 0 Å². The quantitative estimate of drug-likeness (QED) is 0.791. The Kier molecular flexibility index (Phi) is 6.46. The van der Waals surface area contributed by atoms with Crippen LogP contribution in [0.15, 0.2) is 24.3 Å². The smallest absolute Gasteiger partial charge is 0.0721 e. The molecule has 0 radical (unpaired) electrons. The molecule has 1 rings (SSSR count). The molecule has 1 atom stereocenters. The second-order valence-corrected chi connectivity index (χ2v) is 4.34. The predicted molar refractivity (Wildman–Crippen MR) is 68.9 cm³/mol. The highest BCUT2D eigenvalue weighted by Gasteiger charge is 2.06. The van der Waals surface area contributed by atoms with Gasteiger partial charge < -0.3 is 10.1 Å². The molecule has 3 heteroatoms. The van der Waals surface area contributed by atoms with Crippen LogP contribution in [0.5, 0.6) is 0 Å². The molecule has 0 aliphatic rings. The van der Waals surface area contributed by atoms with E-state index in [1.165, 1.54) is 5.56 Å². The van der Waals surface area contributed by atoms with Crippen LogP contribution in [0.1, 0.15) is 25.3 Å². The van der Waals surface area contributed by atoms with Gasteiger partial charge in [0.2, 0.25) is 0 Å². The van der Waals surface area contributed by atoms with Crippen molar-refractivity contribution >= 4 is 11.6 Å². The molecule has 0 saturated carbocycles. The minimum absolute atomic E-state index is 0.297. The minimum Gasteiger partial charge on any atom is -0.372 e.